The molecular formula is C14H14FN3. The minimum atomic E-state index is -0.258. The maximum absolute atomic E-state index is 13.1. The molecule has 0 aliphatic heterocycles. The Balaban J connectivity index is 1.86. The minimum Gasteiger partial charge on any atom is -0.321 e. The number of benzene rings is 1. The highest BCUT2D eigenvalue weighted by Gasteiger charge is 2.31. The van der Waals surface area contributed by atoms with Crippen LogP contribution in [-0.2, 0) is 0 Å². The Morgan fingerprint density at radius 3 is 2.50 bits per heavy atom. The third-order valence-corrected chi connectivity index (χ3v) is 3.26. The van der Waals surface area contributed by atoms with Crippen molar-refractivity contribution >= 4 is 0 Å². The Bertz CT molecular complexity index is 549. The standard InChI is InChI=1S/C14H14FN3/c15-12-3-1-2-10(6-12)11-7-17-14(18-8-11)13(16)9-4-5-9/h1-3,6-9,13H,4-5,16H2. The molecule has 0 bridgehead atoms. The summed E-state index contributed by atoms with van der Waals surface area (Å²) in [4.78, 5) is 8.57. The Kier molecular flexibility index (Phi) is 2.80. The van der Waals surface area contributed by atoms with Crippen LogP contribution in [0.25, 0.3) is 11.1 Å². The Labute approximate surface area is 105 Å². The monoisotopic (exact) mass is 243 g/mol. The second kappa shape index (κ2) is 4.46. The number of nitrogens with zero attached hydrogens (tertiary/aromatic N) is 2. The van der Waals surface area contributed by atoms with E-state index >= 15 is 0 Å². The van der Waals surface area contributed by atoms with Crippen molar-refractivity contribution in [3.8, 4) is 11.1 Å². The van der Waals surface area contributed by atoms with E-state index in [4.69, 9.17) is 5.73 Å². The van der Waals surface area contributed by atoms with Gasteiger partial charge in [0, 0.05) is 18.0 Å². The van der Waals surface area contributed by atoms with Gasteiger partial charge in [-0.2, -0.15) is 0 Å². The van der Waals surface area contributed by atoms with E-state index in [2.05, 4.69) is 9.97 Å². The first kappa shape index (κ1) is 11.3. The van der Waals surface area contributed by atoms with E-state index in [9.17, 15) is 4.39 Å². The summed E-state index contributed by atoms with van der Waals surface area (Å²) in [6.07, 6.45) is 5.74. The lowest BCUT2D eigenvalue weighted by atomic mass is 10.1. The summed E-state index contributed by atoms with van der Waals surface area (Å²) in [7, 11) is 0. The summed E-state index contributed by atoms with van der Waals surface area (Å²) in [5, 5.41) is 0. The first-order valence-electron chi connectivity index (χ1n) is 6.07. The molecule has 1 heterocycles. The topological polar surface area (TPSA) is 51.8 Å². The molecule has 1 atom stereocenters. The van der Waals surface area contributed by atoms with Crippen LogP contribution < -0.4 is 5.73 Å². The molecule has 1 aromatic heterocycles. The van der Waals surface area contributed by atoms with Crippen LogP contribution in [-0.4, -0.2) is 9.97 Å². The number of halogens is 1. The molecule has 0 amide bonds. The molecule has 1 aliphatic rings. The van der Waals surface area contributed by atoms with Crippen LogP contribution >= 0.6 is 0 Å². The van der Waals surface area contributed by atoms with Gasteiger partial charge in [-0.05, 0) is 36.5 Å². The average Bonchev–Trinajstić information content (AvgIpc) is 3.22. The summed E-state index contributed by atoms with van der Waals surface area (Å²) in [5.74, 6) is 0.953. The quantitative estimate of drug-likeness (QED) is 0.901. The lowest BCUT2D eigenvalue weighted by molar-refractivity contribution is 0.593. The van der Waals surface area contributed by atoms with Gasteiger partial charge in [0.1, 0.15) is 11.6 Å². The molecule has 0 spiro atoms. The van der Waals surface area contributed by atoms with Crippen molar-refractivity contribution in [1.82, 2.24) is 9.97 Å². The predicted octanol–water partition coefficient (Wildman–Crippen LogP) is 2.69. The number of aromatic nitrogens is 2. The summed E-state index contributed by atoms with van der Waals surface area (Å²) >= 11 is 0. The Morgan fingerprint density at radius 2 is 1.89 bits per heavy atom. The molecule has 4 heteroatoms. The molecule has 18 heavy (non-hydrogen) atoms. The summed E-state index contributed by atoms with van der Waals surface area (Å²) < 4.78 is 13.1. The number of rotatable bonds is 3. The molecular weight excluding hydrogens is 229 g/mol. The van der Waals surface area contributed by atoms with Gasteiger partial charge in [-0.25, -0.2) is 14.4 Å². The van der Waals surface area contributed by atoms with E-state index in [1.54, 1.807) is 18.5 Å². The van der Waals surface area contributed by atoms with E-state index in [1.165, 1.54) is 12.1 Å². The van der Waals surface area contributed by atoms with Crippen molar-refractivity contribution in [3.05, 3.63) is 48.3 Å². The van der Waals surface area contributed by atoms with Crippen LogP contribution in [0.3, 0.4) is 0 Å². The highest BCUT2D eigenvalue weighted by atomic mass is 19.1. The smallest absolute Gasteiger partial charge is 0.145 e. The largest absolute Gasteiger partial charge is 0.321 e. The van der Waals surface area contributed by atoms with E-state index < -0.39 is 0 Å². The summed E-state index contributed by atoms with van der Waals surface area (Å²) in [6.45, 7) is 0. The molecule has 1 aromatic carbocycles. The maximum Gasteiger partial charge on any atom is 0.145 e. The van der Waals surface area contributed by atoms with Crippen LogP contribution in [0.2, 0.25) is 0 Å². The van der Waals surface area contributed by atoms with Gasteiger partial charge in [-0.15, -0.1) is 0 Å². The molecule has 1 unspecified atom stereocenters. The van der Waals surface area contributed by atoms with Gasteiger partial charge in [0.2, 0.25) is 0 Å². The van der Waals surface area contributed by atoms with Gasteiger partial charge in [0.15, 0.2) is 0 Å². The van der Waals surface area contributed by atoms with Crippen molar-refractivity contribution in [2.24, 2.45) is 11.7 Å². The number of hydrogen-bond acceptors (Lipinski definition) is 3. The first-order valence-corrected chi connectivity index (χ1v) is 6.07. The average molecular weight is 243 g/mol. The minimum absolute atomic E-state index is 0.0634. The second-order valence-corrected chi connectivity index (χ2v) is 4.70. The van der Waals surface area contributed by atoms with Crippen LogP contribution in [0.1, 0.15) is 24.7 Å². The molecule has 1 aliphatic carbocycles. The van der Waals surface area contributed by atoms with Crippen LogP contribution in [0.5, 0.6) is 0 Å². The molecule has 2 aromatic rings. The molecule has 0 radical (unpaired) electrons. The van der Waals surface area contributed by atoms with E-state index in [0.717, 1.165) is 24.0 Å². The van der Waals surface area contributed by atoms with Crippen molar-refractivity contribution in [2.45, 2.75) is 18.9 Å². The molecule has 1 fully saturated rings. The molecule has 3 rings (SSSR count). The second-order valence-electron chi connectivity index (χ2n) is 4.70. The van der Waals surface area contributed by atoms with Gasteiger partial charge in [-0.3, -0.25) is 0 Å². The fraction of sp³-hybridized carbons (Fsp3) is 0.286. The molecule has 3 nitrogen and oxygen atoms in total. The van der Waals surface area contributed by atoms with Gasteiger partial charge in [-0.1, -0.05) is 12.1 Å². The van der Waals surface area contributed by atoms with Gasteiger partial charge >= 0.3 is 0 Å². The zero-order valence-electron chi connectivity index (χ0n) is 9.88. The lowest BCUT2D eigenvalue weighted by Crippen LogP contribution is -2.15. The number of hydrogen-bond donors (Lipinski definition) is 1. The fourth-order valence-electron chi connectivity index (χ4n) is 1.99. The molecule has 0 saturated heterocycles. The highest BCUT2D eigenvalue weighted by molar-refractivity contribution is 5.61. The van der Waals surface area contributed by atoms with Gasteiger partial charge < -0.3 is 5.73 Å². The van der Waals surface area contributed by atoms with E-state index in [1.807, 2.05) is 6.07 Å². The zero-order valence-corrected chi connectivity index (χ0v) is 9.88. The predicted molar refractivity (Wildman–Crippen MR) is 67.1 cm³/mol. The van der Waals surface area contributed by atoms with Gasteiger partial charge in [0.05, 0.1) is 6.04 Å². The van der Waals surface area contributed by atoms with Gasteiger partial charge in [0.25, 0.3) is 0 Å². The van der Waals surface area contributed by atoms with Crippen LogP contribution in [0.15, 0.2) is 36.7 Å². The number of nitrogens with two attached hydrogens (primary N) is 1. The third-order valence-electron chi connectivity index (χ3n) is 3.26. The summed E-state index contributed by atoms with van der Waals surface area (Å²) in [6, 6.07) is 6.34. The maximum atomic E-state index is 13.1. The van der Waals surface area contributed by atoms with Crippen molar-refractivity contribution in [3.63, 3.8) is 0 Å². The van der Waals surface area contributed by atoms with Crippen molar-refractivity contribution in [2.75, 3.05) is 0 Å². The molecule has 2 N–H and O–H groups in total. The normalized spacial score (nSPS) is 16.6. The first-order chi connectivity index (χ1) is 8.74. The zero-order chi connectivity index (χ0) is 12.5. The molecule has 1 saturated carbocycles. The summed E-state index contributed by atoms with van der Waals surface area (Å²) in [5.41, 5.74) is 7.61. The van der Waals surface area contributed by atoms with E-state index in [-0.39, 0.29) is 11.9 Å². The van der Waals surface area contributed by atoms with Crippen molar-refractivity contribution < 1.29 is 4.39 Å². The lowest BCUT2D eigenvalue weighted by Gasteiger charge is -2.09. The highest BCUT2D eigenvalue weighted by Crippen LogP contribution is 2.38. The van der Waals surface area contributed by atoms with Crippen LogP contribution in [0, 0.1) is 11.7 Å². The molecule has 92 valence electrons. The Morgan fingerprint density at radius 1 is 1.17 bits per heavy atom. The van der Waals surface area contributed by atoms with Crippen molar-refractivity contribution in [1.29, 1.82) is 0 Å². The fourth-order valence-corrected chi connectivity index (χ4v) is 1.99. The SMILES string of the molecule is NC(c1ncc(-c2cccc(F)c2)cn1)C1CC1. The Hall–Kier alpha value is -1.81. The van der Waals surface area contributed by atoms with Crippen LogP contribution in [0.4, 0.5) is 4.39 Å². The third kappa shape index (κ3) is 2.24. The van der Waals surface area contributed by atoms with E-state index in [0.29, 0.717) is 11.7 Å².